The maximum absolute atomic E-state index is 12.3. The first kappa shape index (κ1) is 92.3. The largest absolute Gasteiger partial charge is 0.439 e. The lowest BCUT2D eigenvalue weighted by Crippen LogP contribution is -2.41. The molecule has 108 heavy (non-hydrogen) atoms. The molecule has 18 heteroatoms. The van der Waals surface area contributed by atoms with Crippen molar-refractivity contribution in [3.8, 4) is 5.75 Å². The minimum absolute atomic E-state index is 0.122. The van der Waals surface area contributed by atoms with Gasteiger partial charge in [-0.1, -0.05) is 212 Å². The molecule has 0 bridgehead atoms. The van der Waals surface area contributed by atoms with Crippen LogP contribution in [0.15, 0.2) is 191 Å². The Morgan fingerprint density at radius 1 is 0.528 bits per heavy atom. The first-order chi connectivity index (χ1) is 49.4. The molecule has 0 unspecified atom stereocenters. The number of rotatable bonds is 11. The summed E-state index contributed by atoms with van der Waals surface area (Å²) in [4.78, 5) is 49.6. The number of hydrogen-bond acceptors (Lipinski definition) is 13. The third-order valence-electron chi connectivity index (χ3n) is 18.4. The van der Waals surface area contributed by atoms with Crippen molar-refractivity contribution in [2.24, 2.45) is 27.6 Å². The number of amides is 1. The summed E-state index contributed by atoms with van der Waals surface area (Å²) in [5.41, 5.74) is 6.31. The number of ketones is 3. The molecule has 7 aromatic carbocycles. The number of benzene rings is 7. The number of ether oxygens (including phenoxy) is 1. The standard InChI is InChI=1S/C16H20.C15H22O.C14H16O2S.C12H15NO3S.C12H21NO2.C11H18N2O.C10H14O2S/c1-16(2,3)12-11-14-9-6-8-13-7-4-5-10-15(13)14;1-11(2)13-8-6-12(7-9-13)10-14(16)15(3,4)5;1-14(2,3)17(15,16)13-9-8-11-6-4-5-7-12(11)10-13;1-8-13-10-6-5-9(7-11(10)16-8)17(14,15)12(2,3)4;1-9(14)13-7-5-10(6-8-13)11(15)12(2,3)4;1-8-6-9(2)13(12-8)7-10(14)11(3,4)5;1-10(2,3)13(11,12)9-7-5-4-6-8-9/h4-10H,11-12H2,1-3H3;6-9,11H,10H2,1-5H3;4-10H,1-3H3;5-7,13H,1H2,2-4H3;10H,5-8H2,1-4H3;6H,7H2,1-5H3;4-8H,1-3H3. The van der Waals surface area contributed by atoms with E-state index < -0.39 is 43.8 Å². The second-order valence-corrected chi connectivity index (χ2v) is 43.7. The van der Waals surface area contributed by atoms with Gasteiger partial charge in [0, 0.05) is 60.4 Å². The van der Waals surface area contributed by atoms with Gasteiger partial charge in [0.15, 0.2) is 46.9 Å². The fraction of sp³-hybridized carbons (Fsp3) is 0.478. The summed E-state index contributed by atoms with van der Waals surface area (Å²) in [7, 11) is -9.80. The van der Waals surface area contributed by atoms with E-state index >= 15 is 0 Å². The number of hydrogen-bond donors (Lipinski definition) is 1. The van der Waals surface area contributed by atoms with Crippen LogP contribution < -0.4 is 10.1 Å². The number of likely N-dealkylation sites (tertiary alicyclic amines) is 1. The predicted octanol–water partition coefficient (Wildman–Crippen LogP) is 21.0. The van der Waals surface area contributed by atoms with Crippen LogP contribution in [0.1, 0.15) is 219 Å². The Kier molecular flexibility index (Phi) is 32.1. The molecule has 1 fully saturated rings. The van der Waals surface area contributed by atoms with E-state index in [-0.39, 0.29) is 38.7 Å². The fourth-order valence-electron chi connectivity index (χ4n) is 10.9. The zero-order chi connectivity index (χ0) is 82.1. The van der Waals surface area contributed by atoms with Crippen molar-refractivity contribution < 1.29 is 49.2 Å². The van der Waals surface area contributed by atoms with Gasteiger partial charge in [0.25, 0.3) is 0 Å². The average molecular weight is 1540 g/mol. The second kappa shape index (κ2) is 37.6. The van der Waals surface area contributed by atoms with Crippen molar-refractivity contribution in [2.45, 2.75) is 254 Å². The normalized spacial score (nSPS) is 13.7. The monoisotopic (exact) mass is 1530 g/mol. The van der Waals surface area contributed by atoms with Crippen LogP contribution in [0.25, 0.3) is 21.5 Å². The molecule has 0 saturated carbocycles. The number of sulfone groups is 3. The zero-order valence-corrected chi connectivity index (χ0v) is 72.1. The molecule has 1 amide bonds. The van der Waals surface area contributed by atoms with Crippen LogP contribution >= 0.6 is 0 Å². The van der Waals surface area contributed by atoms with Gasteiger partial charge in [-0.2, -0.15) is 5.10 Å². The summed E-state index contributed by atoms with van der Waals surface area (Å²) in [5, 5.41) is 11.9. The van der Waals surface area contributed by atoms with Crippen LogP contribution in [0, 0.1) is 41.4 Å². The minimum Gasteiger partial charge on any atom is -0.439 e. The smallest absolute Gasteiger partial charge is 0.219 e. The molecule has 1 aromatic heterocycles. The van der Waals surface area contributed by atoms with E-state index in [0.29, 0.717) is 57.3 Å². The number of anilines is 1. The van der Waals surface area contributed by atoms with Crippen molar-refractivity contribution in [1.29, 1.82) is 0 Å². The van der Waals surface area contributed by atoms with Gasteiger partial charge in [0.05, 0.1) is 40.3 Å². The molecular weight excluding hydrogens is 1410 g/mol. The van der Waals surface area contributed by atoms with Crippen LogP contribution in [-0.4, -0.2) is 90.5 Å². The predicted molar refractivity (Wildman–Crippen MR) is 447 cm³/mol. The quantitative estimate of drug-likeness (QED) is 0.128. The number of nitrogens with zero attached hydrogens (tertiary/aromatic N) is 3. The molecule has 590 valence electrons. The topological polar surface area (TPSA) is 213 Å². The van der Waals surface area contributed by atoms with Crippen LogP contribution in [0.2, 0.25) is 0 Å². The highest BCUT2D eigenvalue weighted by Crippen LogP contribution is 2.38. The number of carbonyl (C=O) groups excluding carboxylic acids is 4. The molecule has 1 saturated heterocycles. The van der Waals surface area contributed by atoms with Crippen molar-refractivity contribution in [3.05, 3.63) is 204 Å². The molecule has 0 aliphatic carbocycles. The lowest BCUT2D eigenvalue weighted by atomic mass is 9.79. The summed E-state index contributed by atoms with van der Waals surface area (Å²) in [6, 6.07) is 52.0. The number of carbonyl (C=O) groups is 4. The van der Waals surface area contributed by atoms with E-state index in [1.165, 1.54) is 40.8 Å². The van der Waals surface area contributed by atoms with E-state index in [1.807, 2.05) is 124 Å². The molecule has 2 aliphatic rings. The summed E-state index contributed by atoms with van der Waals surface area (Å²) in [6.07, 6.45) is 4.61. The number of Topliss-reactive ketones (excluding diaryl/α,β-unsaturated/α-hetero) is 3. The number of aromatic nitrogens is 2. The number of aryl methyl sites for hydroxylation is 3. The fourth-order valence-corrected chi connectivity index (χ4v) is 14.6. The Hall–Kier alpha value is -8.06. The molecule has 15 nitrogen and oxygen atoms in total. The minimum atomic E-state index is -3.35. The van der Waals surface area contributed by atoms with Gasteiger partial charge in [0.1, 0.15) is 18.1 Å². The average Bonchev–Trinajstić information content (AvgIpc) is 1.11. The first-order valence-electron chi connectivity index (χ1n) is 37.4. The van der Waals surface area contributed by atoms with Gasteiger partial charge >= 0.3 is 0 Å². The molecule has 2 aliphatic heterocycles. The Morgan fingerprint density at radius 2 is 1.00 bits per heavy atom. The molecule has 0 spiro atoms. The third-order valence-corrected chi connectivity index (χ3v) is 25.9. The molecule has 1 N–H and O–H groups in total. The Bertz CT molecular complexity index is 4700. The summed E-state index contributed by atoms with van der Waals surface area (Å²) in [5.74, 6) is 2.58. The maximum atomic E-state index is 12.3. The second-order valence-electron chi connectivity index (χ2n) is 35.6. The molecule has 10 rings (SSSR count). The number of fused-ring (bicyclic) bond motifs is 3. The SMILES string of the molecule is C=C1Nc2ccc(S(=O)(=O)C(C)(C)C)cc2O1.CC(=O)N1CCC(C(=O)C(C)(C)C)CC1.CC(C)(C)CCc1cccc2ccccc12.CC(C)(C)S(=O)(=O)c1ccc2ccccc2c1.CC(C)(C)S(=O)(=O)c1ccccc1.CC(C)c1ccc(CC(=O)C(C)(C)C)cc1.Cc1cc(C)n(CC(=O)C(C)(C)C)n1. The van der Waals surface area contributed by atoms with E-state index in [4.69, 9.17) is 4.74 Å². The molecule has 8 aromatic rings. The van der Waals surface area contributed by atoms with Crippen LogP contribution in [0.5, 0.6) is 5.75 Å². The maximum Gasteiger partial charge on any atom is 0.219 e. The highest BCUT2D eigenvalue weighted by Gasteiger charge is 2.35. The molecular formula is C90H126N4O11S3. The Morgan fingerprint density at radius 3 is 1.47 bits per heavy atom. The van der Waals surface area contributed by atoms with Crippen LogP contribution in [0.4, 0.5) is 5.69 Å². The van der Waals surface area contributed by atoms with E-state index in [0.717, 1.165) is 59.3 Å². The van der Waals surface area contributed by atoms with E-state index in [1.54, 1.807) is 122 Å². The van der Waals surface area contributed by atoms with Gasteiger partial charge < -0.3 is 15.0 Å². The Labute approximate surface area is 649 Å². The van der Waals surface area contributed by atoms with Crippen molar-refractivity contribution in [2.75, 3.05) is 18.4 Å². The third kappa shape index (κ3) is 27.5. The Balaban J connectivity index is 0.000000267. The zero-order valence-electron chi connectivity index (χ0n) is 69.7. The first-order valence-corrected chi connectivity index (χ1v) is 41.8. The van der Waals surface area contributed by atoms with E-state index in [2.05, 4.69) is 118 Å². The highest BCUT2D eigenvalue weighted by atomic mass is 32.2. The van der Waals surface area contributed by atoms with Gasteiger partial charge in [-0.3, -0.25) is 23.9 Å². The molecule has 3 heterocycles. The van der Waals surface area contributed by atoms with Gasteiger partial charge in [-0.05, 0) is 200 Å². The molecule has 0 radical (unpaired) electrons. The van der Waals surface area contributed by atoms with Gasteiger partial charge in [0.2, 0.25) is 5.91 Å². The number of piperidine rings is 1. The lowest BCUT2D eigenvalue weighted by molar-refractivity contribution is -0.136. The van der Waals surface area contributed by atoms with Crippen molar-refractivity contribution in [1.82, 2.24) is 14.7 Å². The van der Waals surface area contributed by atoms with E-state index in [9.17, 15) is 44.4 Å². The summed E-state index contributed by atoms with van der Waals surface area (Å²) in [6.45, 7) is 55.1. The molecule has 0 atom stereocenters. The number of nitrogens with one attached hydrogen (secondary N) is 1. The van der Waals surface area contributed by atoms with Crippen molar-refractivity contribution in [3.63, 3.8) is 0 Å². The van der Waals surface area contributed by atoms with Crippen LogP contribution in [-0.2, 0) is 68.1 Å². The van der Waals surface area contributed by atoms with Gasteiger partial charge in [-0.25, -0.2) is 25.3 Å². The van der Waals surface area contributed by atoms with Crippen LogP contribution in [0.3, 0.4) is 0 Å². The van der Waals surface area contributed by atoms with Gasteiger partial charge in [-0.15, -0.1) is 0 Å². The summed E-state index contributed by atoms with van der Waals surface area (Å²) < 4.78 is 77.5. The lowest BCUT2D eigenvalue weighted by Gasteiger charge is -2.33. The summed E-state index contributed by atoms with van der Waals surface area (Å²) >= 11 is 0. The highest BCUT2D eigenvalue weighted by molar-refractivity contribution is 7.93. The van der Waals surface area contributed by atoms with Crippen molar-refractivity contribution >= 4 is 80.0 Å².